The van der Waals surface area contributed by atoms with Crippen LogP contribution in [0.3, 0.4) is 0 Å². The maximum absolute atomic E-state index is 9.15. The smallest absolute Gasteiger partial charge is 0.163 e. The number of nitriles is 1. The summed E-state index contributed by atoms with van der Waals surface area (Å²) in [5, 5.41) is 13.1. The quantitative estimate of drug-likeness (QED) is 0.877. The van der Waals surface area contributed by atoms with Gasteiger partial charge in [0.1, 0.15) is 16.6 Å². The Morgan fingerprint density at radius 1 is 1.24 bits per heavy atom. The molecule has 0 spiro atoms. The molecule has 0 fully saturated rings. The van der Waals surface area contributed by atoms with Gasteiger partial charge in [-0.15, -0.1) is 0 Å². The van der Waals surface area contributed by atoms with Crippen molar-refractivity contribution in [2.75, 3.05) is 18.5 Å². The molecule has 110 valence electrons. The Hall–Kier alpha value is -2.26. The van der Waals surface area contributed by atoms with Gasteiger partial charge in [0.25, 0.3) is 0 Å². The number of benzene rings is 1. The van der Waals surface area contributed by atoms with E-state index in [1.807, 2.05) is 39.0 Å². The standard InChI is InChI=1S/C15H17N3O2S/c1-4-19-13-7-6-11(8-14(13)20-5-2)17-15-12(9-16)10(3)18-21-15/h6-8,17H,4-5H2,1-3H3. The average Bonchev–Trinajstić information content (AvgIpc) is 2.82. The number of aromatic nitrogens is 1. The van der Waals surface area contributed by atoms with Crippen LogP contribution in [0.2, 0.25) is 0 Å². The highest BCUT2D eigenvalue weighted by molar-refractivity contribution is 7.10. The van der Waals surface area contributed by atoms with Crippen molar-refractivity contribution in [3.05, 3.63) is 29.5 Å². The van der Waals surface area contributed by atoms with Gasteiger partial charge in [-0.1, -0.05) is 0 Å². The fourth-order valence-corrected chi connectivity index (χ4v) is 2.61. The van der Waals surface area contributed by atoms with Crippen molar-refractivity contribution >= 4 is 22.2 Å². The SMILES string of the molecule is CCOc1ccc(Nc2snc(C)c2C#N)cc1OCC. The van der Waals surface area contributed by atoms with E-state index in [9.17, 15) is 0 Å². The maximum Gasteiger partial charge on any atom is 0.163 e. The second-order valence-electron chi connectivity index (χ2n) is 4.24. The highest BCUT2D eigenvalue weighted by atomic mass is 32.1. The van der Waals surface area contributed by atoms with Crippen LogP contribution in [0.1, 0.15) is 25.1 Å². The van der Waals surface area contributed by atoms with E-state index in [1.165, 1.54) is 11.5 Å². The summed E-state index contributed by atoms with van der Waals surface area (Å²) in [6.07, 6.45) is 0. The van der Waals surface area contributed by atoms with Gasteiger partial charge in [-0.25, -0.2) is 0 Å². The second kappa shape index (κ2) is 6.95. The summed E-state index contributed by atoms with van der Waals surface area (Å²) in [6.45, 7) is 6.83. The van der Waals surface area contributed by atoms with Crippen molar-refractivity contribution in [3.63, 3.8) is 0 Å². The first-order valence-electron chi connectivity index (χ1n) is 6.72. The van der Waals surface area contributed by atoms with Gasteiger partial charge in [-0.05, 0) is 44.4 Å². The zero-order valence-electron chi connectivity index (χ0n) is 12.3. The highest BCUT2D eigenvalue weighted by Crippen LogP contribution is 2.33. The van der Waals surface area contributed by atoms with E-state index >= 15 is 0 Å². The highest BCUT2D eigenvalue weighted by Gasteiger charge is 2.12. The molecule has 0 aliphatic heterocycles. The maximum atomic E-state index is 9.15. The Balaban J connectivity index is 2.28. The van der Waals surface area contributed by atoms with Crippen molar-refractivity contribution in [1.82, 2.24) is 4.37 Å². The lowest BCUT2D eigenvalue weighted by atomic mass is 10.2. The van der Waals surface area contributed by atoms with Crippen LogP contribution in [0.25, 0.3) is 0 Å². The molecule has 1 N–H and O–H groups in total. The zero-order valence-corrected chi connectivity index (χ0v) is 13.1. The van der Waals surface area contributed by atoms with Gasteiger partial charge in [0.05, 0.1) is 18.9 Å². The van der Waals surface area contributed by atoms with Gasteiger partial charge in [0, 0.05) is 11.8 Å². The second-order valence-corrected chi connectivity index (χ2v) is 5.01. The zero-order chi connectivity index (χ0) is 15.2. The Labute approximate surface area is 128 Å². The predicted octanol–water partition coefficient (Wildman–Crippen LogP) is 3.86. The van der Waals surface area contributed by atoms with Gasteiger partial charge in [0.2, 0.25) is 0 Å². The molecule has 2 aromatic rings. The third kappa shape index (κ3) is 3.44. The Morgan fingerprint density at radius 2 is 1.95 bits per heavy atom. The van der Waals surface area contributed by atoms with Crippen LogP contribution in [0.4, 0.5) is 10.7 Å². The van der Waals surface area contributed by atoms with E-state index in [-0.39, 0.29) is 0 Å². The van der Waals surface area contributed by atoms with E-state index in [2.05, 4.69) is 15.8 Å². The summed E-state index contributed by atoms with van der Waals surface area (Å²) < 4.78 is 15.3. The monoisotopic (exact) mass is 303 g/mol. The topological polar surface area (TPSA) is 67.2 Å². The number of ether oxygens (including phenoxy) is 2. The third-order valence-corrected chi connectivity index (χ3v) is 3.63. The molecule has 0 aliphatic carbocycles. The molecular weight excluding hydrogens is 286 g/mol. The largest absolute Gasteiger partial charge is 0.490 e. The number of hydrogen-bond donors (Lipinski definition) is 1. The Bertz CT molecular complexity index is 661. The first-order chi connectivity index (χ1) is 10.2. The van der Waals surface area contributed by atoms with E-state index in [0.29, 0.717) is 30.3 Å². The summed E-state index contributed by atoms with van der Waals surface area (Å²) in [5.74, 6) is 1.40. The lowest BCUT2D eigenvalue weighted by Gasteiger charge is -2.13. The molecule has 0 atom stereocenters. The number of nitrogens with one attached hydrogen (secondary N) is 1. The van der Waals surface area contributed by atoms with Crippen molar-refractivity contribution < 1.29 is 9.47 Å². The number of anilines is 2. The summed E-state index contributed by atoms with van der Waals surface area (Å²) in [6, 6.07) is 7.78. The van der Waals surface area contributed by atoms with Crippen molar-refractivity contribution in [2.45, 2.75) is 20.8 Å². The Kier molecular flexibility index (Phi) is 5.01. The molecule has 0 radical (unpaired) electrons. The molecule has 0 saturated heterocycles. The van der Waals surface area contributed by atoms with Crippen LogP contribution in [0.5, 0.6) is 11.5 Å². The summed E-state index contributed by atoms with van der Waals surface area (Å²) >= 11 is 1.27. The molecule has 0 saturated carbocycles. The lowest BCUT2D eigenvalue weighted by molar-refractivity contribution is 0.288. The van der Waals surface area contributed by atoms with Crippen LogP contribution in [-0.2, 0) is 0 Å². The summed E-state index contributed by atoms with van der Waals surface area (Å²) in [4.78, 5) is 0. The summed E-state index contributed by atoms with van der Waals surface area (Å²) in [7, 11) is 0. The molecule has 0 aliphatic rings. The van der Waals surface area contributed by atoms with Crippen LogP contribution < -0.4 is 14.8 Å². The van der Waals surface area contributed by atoms with Gasteiger partial charge in [0.15, 0.2) is 11.5 Å². The van der Waals surface area contributed by atoms with Crippen LogP contribution in [0, 0.1) is 18.3 Å². The van der Waals surface area contributed by atoms with E-state index in [0.717, 1.165) is 16.4 Å². The number of nitrogens with zero attached hydrogens (tertiary/aromatic N) is 2. The fraction of sp³-hybridized carbons (Fsp3) is 0.333. The number of hydrogen-bond acceptors (Lipinski definition) is 6. The lowest BCUT2D eigenvalue weighted by Crippen LogP contribution is -1.99. The fourth-order valence-electron chi connectivity index (χ4n) is 1.85. The normalized spacial score (nSPS) is 10.0. The molecule has 2 rings (SSSR count). The van der Waals surface area contributed by atoms with Crippen LogP contribution in [-0.4, -0.2) is 17.6 Å². The van der Waals surface area contributed by atoms with Gasteiger partial charge >= 0.3 is 0 Å². The molecule has 6 heteroatoms. The summed E-state index contributed by atoms with van der Waals surface area (Å²) in [5.41, 5.74) is 2.15. The molecule has 1 heterocycles. The predicted molar refractivity (Wildman–Crippen MR) is 83.6 cm³/mol. The van der Waals surface area contributed by atoms with Gasteiger partial charge < -0.3 is 14.8 Å². The molecule has 21 heavy (non-hydrogen) atoms. The minimum absolute atomic E-state index is 0.562. The first-order valence-corrected chi connectivity index (χ1v) is 7.50. The third-order valence-electron chi connectivity index (χ3n) is 2.78. The van der Waals surface area contributed by atoms with Crippen molar-refractivity contribution in [2.24, 2.45) is 0 Å². The van der Waals surface area contributed by atoms with E-state index in [4.69, 9.17) is 14.7 Å². The van der Waals surface area contributed by atoms with Crippen LogP contribution >= 0.6 is 11.5 Å². The minimum Gasteiger partial charge on any atom is -0.490 e. The molecule has 1 aromatic carbocycles. The van der Waals surface area contributed by atoms with E-state index < -0.39 is 0 Å². The molecular formula is C15H17N3O2S. The molecule has 0 unspecified atom stereocenters. The molecule has 0 bridgehead atoms. The van der Waals surface area contributed by atoms with Crippen LogP contribution in [0.15, 0.2) is 18.2 Å². The minimum atomic E-state index is 0.562. The molecule has 1 aromatic heterocycles. The number of rotatable bonds is 6. The van der Waals surface area contributed by atoms with Gasteiger partial charge in [-0.3, -0.25) is 0 Å². The first kappa shape index (κ1) is 15.1. The molecule has 5 nitrogen and oxygen atoms in total. The average molecular weight is 303 g/mol. The molecule has 0 amide bonds. The van der Waals surface area contributed by atoms with Crippen molar-refractivity contribution in [3.8, 4) is 17.6 Å². The van der Waals surface area contributed by atoms with Crippen molar-refractivity contribution in [1.29, 1.82) is 5.26 Å². The van der Waals surface area contributed by atoms with Gasteiger partial charge in [-0.2, -0.15) is 9.64 Å². The number of aryl methyl sites for hydroxylation is 1. The Morgan fingerprint density at radius 3 is 2.62 bits per heavy atom. The van der Waals surface area contributed by atoms with E-state index in [1.54, 1.807) is 0 Å².